The lowest BCUT2D eigenvalue weighted by molar-refractivity contribution is 0.152. The molecule has 0 atom stereocenters. The summed E-state index contributed by atoms with van der Waals surface area (Å²) in [5, 5.41) is 13.4. The highest BCUT2D eigenvalue weighted by Crippen LogP contribution is 2.38. The standard InChI is InChI=1S/C10H9Br3N2O3/c1-2-18-10(17)15-14-4-5-6(11)3-7(12)9(16)8(5)13/h3-4,16H,2H2,1H3,(H,15,17)/b14-4+. The number of nitrogens with zero attached hydrogens (tertiary/aromatic N) is 1. The number of carbonyl (C=O) groups is 1. The minimum absolute atomic E-state index is 0.0517. The number of ether oxygens (including phenoxy) is 1. The summed E-state index contributed by atoms with van der Waals surface area (Å²) in [6, 6.07) is 1.67. The number of hydrogen-bond donors (Lipinski definition) is 2. The molecular weight excluding hydrogens is 436 g/mol. The first kappa shape index (κ1) is 15.5. The van der Waals surface area contributed by atoms with Crippen LogP contribution in [0.5, 0.6) is 5.75 Å². The smallest absolute Gasteiger partial charge is 0.427 e. The molecule has 0 fully saturated rings. The van der Waals surface area contributed by atoms with E-state index in [1.165, 1.54) is 6.21 Å². The monoisotopic (exact) mass is 442 g/mol. The van der Waals surface area contributed by atoms with Gasteiger partial charge in [0.1, 0.15) is 5.75 Å². The molecule has 98 valence electrons. The number of aromatic hydroxyl groups is 1. The van der Waals surface area contributed by atoms with Gasteiger partial charge in [0.05, 0.1) is 21.8 Å². The van der Waals surface area contributed by atoms with E-state index < -0.39 is 6.09 Å². The Balaban J connectivity index is 2.88. The summed E-state index contributed by atoms with van der Waals surface area (Å²) in [4.78, 5) is 11.0. The van der Waals surface area contributed by atoms with Crippen molar-refractivity contribution in [2.75, 3.05) is 6.61 Å². The van der Waals surface area contributed by atoms with Crippen LogP contribution in [0.3, 0.4) is 0 Å². The van der Waals surface area contributed by atoms with Crippen LogP contribution in [0.15, 0.2) is 24.6 Å². The van der Waals surface area contributed by atoms with Crippen molar-refractivity contribution in [3.63, 3.8) is 0 Å². The van der Waals surface area contributed by atoms with E-state index in [1.54, 1.807) is 13.0 Å². The van der Waals surface area contributed by atoms with Gasteiger partial charge in [-0.2, -0.15) is 5.10 Å². The number of hydrazone groups is 1. The highest BCUT2D eigenvalue weighted by molar-refractivity contribution is 9.11. The Hall–Kier alpha value is -0.600. The van der Waals surface area contributed by atoms with Gasteiger partial charge < -0.3 is 9.84 Å². The molecule has 0 saturated carbocycles. The van der Waals surface area contributed by atoms with Gasteiger partial charge in [0, 0.05) is 10.0 Å². The SMILES string of the molecule is CCOC(=O)N/N=C/c1c(Br)cc(Br)c(O)c1Br. The molecule has 0 saturated heterocycles. The lowest BCUT2D eigenvalue weighted by atomic mass is 10.2. The number of benzene rings is 1. The van der Waals surface area contributed by atoms with Crippen LogP contribution >= 0.6 is 47.8 Å². The number of carbonyl (C=O) groups excluding carboxylic acids is 1. The second-order valence-corrected chi connectivity index (χ2v) is 5.51. The maximum atomic E-state index is 11.0. The number of phenols is 1. The Bertz CT molecular complexity index is 492. The molecule has 0 unspecified atom stereocenters. The Kier molecular flexibility index (Phi) is 6.10. The summed E-state index contributed by atoms with van der Waals surface area (Å²) in [6.45, 7) is 1.97. The van der Waals surface area contributed by atoms with Gasteiger partial charge >= 0.3 is 6.09 Å². The molecule has 1 aromatic carbocycles. The summed E-state index contributed by atoms with van der Waals surface area (Å²) in [5.74, 6) is 0.0517. The molecule has 2 N–H and O–H groups in total. The minimum atomic E-state index is -0.637. The molecule has 0 spiro atoms. The van der Waals surface area contributed by atoms with E-state index >= 15 is 0 Å². The highest BCUT2D eigenvalue weighted by Gasteiger charge is 2.11. The van der Waals surface area contributed by atoms with Crippen LogP contribution in [0.25, 0.3) is 0 Å². The van der Waals surface area contributed by atoms with Crippen molar-refractivity contribution in [1.29, 1.82) is 0 Å². The van der Waals surface area contributed by atoms with Gasteiger partial charge in [-0.05, 0) is 44.8 Å². The van der Waals surface area contributed by atoms with Crippen molar-refractivity contribution in [3.05, 3.63) is 25.0 Å². The highest BCUT2D eigenvalue weighted by atomic mass is 79.9. The van der Waals surface area contributed by atoms with Gasteiger partial charge in [-0.3, -0.25) is 0 Å². The summed E-state index contributed by atoms with van der Waals surface area (Å²) in [7, 11) is 0. The zero-order chi connectivity index (χ0) is 13.7. The maximum Gasteiger partial charge on any atom is 0.427 e. The summed E-state index contributed by atoms with van der Waals surface area (Å²) < 4.78 is 6.34. The number of amides is 1. The lowest BCUT2D eigenvalue weighted by Crippen LogP contribution is -2.18. The third-order valence-corrected chi connectivity index (χ3v) is 3.87. The molecule has 0 bridgehead atoms. The van der Waals surface area contributed by atoms with Crippen molar-refractivity contribution < 1.29 is 14.6 Å². The minimum Gasteiger partial charge on any atom is -0.506 e. The summed E-state index contributed by atoms with van der Waals surface area (Å²) >= 11 is 9.76. The molecule has 18 heavy (non-hydrogen) atoms. The van der Waals surface area contributed by atoms with E-state index in [4.69, 9.17) is 0 Å². The van der Waals surface area contributed by atoms with Crippen LogP contribution in [0.1, 0.15) is 12.5 Å². The largest absolute Gasteiger partial charge is 0.506 e. The predicted octanol–water partition coefficient (Wildman–Crippen LogP) is 3.76. The fourth-order valence-electron chi connectivity index (χ4n) is 1.03. The van der Waals surface area contributed by atoms with Gasteiger partial charge in [-0.15, -0.1) is 0 Å². The van der Waals surface area contributed by atoms with Crippen molar-refractivity contribution >= 4 is 60.1 Å². The molecule has 0 heterocycles. The molecule has 1 rings (SSSR count). The quantitative estimate of drug-likeness (QED) is 0.551. The van der Waals surface area contributed by atoms with Gasteiger partial charge in [-0.25, -0.2) is 10.2 Å². The Morgan fingerprint density at radius 3 is 2.78 bits per heavy atom. The molecular formula is C10H9Br3N2O3. The zero-order valence-electron chi connectivity index (χ0n) is 9.21. The average Bonchev–Trinajstić information content (AvgIpc) is 2.31. The fraction of sp³-hybridized carbons (Fsp3) is 0.200. The fourth-order valence-corrected chi connectivity index (χ4v) is 3.35. The number of nitrogens with one attached hydrogen (secondary N) is 1. The number of hydrogen-bond acceptors (Lipinski definition) is 4. The van der Waals surface area contributed by atoms with Crippen molar-refractivity contribution in [2.45, 2.75) is 6.92 Å². The van der Waals surface area contributed by atoms with E-state index in [0.29, 0.717) is 19.0 Å². The molecule has 1 amide bonds. The topological polar surface area (TPSA) is 70.9 Å². The maximum absolute atomic E-state index is 11.0. The van der Waals surface area contributed by atoms with Crippen LogP contribution in [0.4, 0.5) is 4.79 Å². The van der Waals surface area contributed by atoms with E-state index in [-0.39, 0.29) is 12.4 Å². The van der Waals surface area contributed by atoms with Crippen molar-refractivity contribution in [1.82, 2.24) is 5.43 Å². The Labute approximate surface area is 129 Å². The Morgan fingerprint density at radius 1 is 1.50 bits per heavy atom. The lowest BCUT2D eigenvalue weighted by Gasteiger charge is -2.06. The zero-order valence-corrected chi connectivity index (χ0v) is 14.0. The molecule has 0 aliphatic carbocycles. The first-order valence-electron chi connectivity index (χ1n) is 4.79. The molecule has 0 aliphatic rings. The average molecular weight is 445 g/mol. The van der Waals surface area contributed by atoms with Crippen LogP contribution in [-0.2, 0) is 4.74 Å². The van der Waals surface area contributed by atoms with Gasteiger partial charge in [0.15, 0.2) is 0 Å². The third kappa shape index (κ3) is 3.96. The van der Waals surface area contributed by atoms with E-state index in [1.807, 2.05) is 0 Å². The first-order valence-corrected chi connectivity index (χ1v) is 7.17. The van der Waals surface area contributed by atoms with Crippen LogP contribution in [0.2, 0.25) is 0 Å². The predicted molar refractivity (Wildman–Crippen MR) is 79.0 cm³/mol. The number of halogens is 3. The summed E-state index contributed by atoms with van der Waals surface area (Å²) in [6.07, 6.45) is 0.749. The second kappa shape index (κ2) is 7.10. The first-order chi connectivity index (χ1) is 8.47. The molecule has 0 aliphatic heterocycles. The van der Waals surface area contributed by atoms with Crippen LogP contribution in [0, 0.1) is 0 Å². The van der Waals surface area contributed by atoms with Crippen molar-refractivity contribution in [2.24, 2.45) is 5.10 Å². The summed E-state index contributed by atoms with van der Waals surface area (Å²) in [5.41, 5.74) is 2.78. The van der Waals surface area contributed by atoms with Crippen molar-refractivity contribution in [3.8, 4) is 5.75 Å². The van der Waals surface area contributed by atoms with Crippen LogP contribution < -0.4 is 5.43 Å². The molecule has 5 nitrogen and oxygen atoms in total. The van der Waals surface area contributed by atoms with E-state index in [9.17, 15) is 9.90 Å². The van der Waals surface area contributed by atoms with Crippen LogP contribution in [-0.4, -0.2) is 24.0 Å². The molecule has 1 aromatic rings. The number of phenolic OH excluding ortho intramolecular Hbond substituents is 1. The van der Waals surface area contributed by atoms with E-state index in [0.717, 1.165) is 0 Å². The normalized spacial score (nSPS) is 10.7. The van der Waals surface area contributed by atoms with Gasteiger partial charge in [0.25, 0.3) is 0 Å². The number of rotatable bonds is 3. The van der Waals surface area contributed by atoms with Gasteiger partial charge in [-0.1, -0.05) is 15.9 Å². The molecule has 0 aromatic heterocycles. The molecule has 8 heteroatoms. The second-order valence-electron chi connectivity index (χ2n) is 3.01. The molecule has 0 radical (unpaired) electrons. The van der Waals surface area contributed by atoms with Gasteiger partial charge in [0.2, 0.25) is 0 Å². The third-order valence-electron chi connectivity index (χ3n) is 1.81. The van der Waals surface area contributed by atoms with E-state index in [2.05, 4.69) is 63.1 Å². The Morgan fingerprint density at radius 2 is 2.17 bits per heavy atom.